The molecule has 0 amide bonds. The van der Waals surface area contributed by atoms with Crippen LogP contribution in [0.4, 0.5) is 10.1 Å². The van der Waals surface area contributed by atoms with Crippen LogP contribution in [0, 0.1) is 12.7 Å². The minimum atomic E-state index is -0.429. The molecule has 0 saturated carbocycles. The van der Waals surface area contributed by atoms with E-state index < -0.39 is 5.82 Å². The highest BCUT2D eigenvalue weighted by molar-refractivity contribution is 6.28. The van der Waals surface area contributed by atoms with Crippen LogP contribution < -0.4 is 5.73 Å². The minimum absolute atomic E-state index is 0.0929. The first-order valence-electron chi connectivity index (χ1n) is 4.62. The zero-order valence-electron chi connectivity index (χ0n) is 8.54. The maximum absolute atomic E-state index is 13.2. The van der Waals surface area contributed by atoms with Gasteiger partial charge in [0, 0.05) is 11.8 Å². The van der Waals surface area contributed by atoms with Crippen LogP contribution in [-0.4, -0.2) is 9.97 Å². The molecule has 0 atom stereocenters. The fourth-order valence-electron chi connectivity index (χ4n) is 1.45. The summed E-state index contributed by atoms with van der Waals surface area (Å²) in [5.41, 5.74) is 7.74. The van der Waals surface area contributed by atoms with E-state index in [2.05, 4.69) is 9.97 Å². The van der Waals surface area contributed by atoms with E-state index in [0.29, 0.717) is 5.69 Å². The predicted octanol–water partition coefficient (Wildman–Crippen LogP) is 2.83. The third-order valence-corrected chi connectivity index (χ3v) is 2.43. The van der Waals surface area contributed by atoms with E-state index in [1.165, 1.54) is 6.07 Å². The number of nitrogen functional groups attached to an aromatic ring is 1. The maximum Gasteiger partial charge on any atom is 0.222 e. The number of halogens is 2. The monoisotopic (exact) mass is 237 g/mol. The standard InChI is InChI=1S/C11H9ClFN3/c1-6-4-8(13)9(14)5-7(6)10-2-3-15-11(12)16-10/h2-5H,14H2,1H3. The molecule has 2 N–H and O–H groups in total. The zero-order chi connectivity index (χ0) is 11.7. The van der Waals surface area contributed by atoms with Gasteiger partial charge in [-0.25, -0.2) is 14.4 Å². The van der Waals surface area contributed by atoms with Crippen LogP contribution in [0.5, 0.6) is 0 Å². The first kappa shape index (κ1) is 10.8. The van der Waals surface area contributed by atoms with Gasteiger partial charge >= 0.3 is 0 Å². The van der Waals surface area contributed by atoms with Gasteiger partial charge < -0.3 is 5.73 Å². The summed E-state index contributed by atoms with van der Waals surface area (Å²) < 4.78 is 13.2. The van der Waals surface area contributed by atoms with Gasteiger partial charge in [-0.2, -0.15) is 0 Å². The largest absolute Gasteiger partial charge is 0.396 e. The van der Waals surface area contributed by atoms with Crippen molar-refractivity contribution in [1.29, 1.82) is 0 Å². The Bertz CT molecular complexity index is 543. The molecule has 0 bridgehead atoms. The maximum atomic E-state index is 13.2. The smallest absolute Gasteiger partial charge is 0.222 e. The molecule has 82 valence electrons. The molecule has 0 saturated heterocycles. The van der Waals surface area contributed by atoms with Gasteiger partial charge in [0.1, 0.15) is 5.82 Å². The van der Waals surface area contributed by atoms with Crippen molar-refractivity contribution in [3.05, 3.63) is 41.1 Å². The lowest BCUT2D eigenvalue weighted by Gasteiger charge is -2.07. The van der Waals surface area contributed by atoms with Crippen molar-refractivity contribution in [2.75, 3.05) is 5.73 Å². The molecule has 0 unspecified atom stereocenters. The Balaban J connectivity index is 2.60. The van der Waals surface area contributed by atoms with Crippen LogP contribution in [0.3, 0.4) is 0 Å². The topological polar surface area (TPSA) is 51.8 Å². The molecule has 0 fully saturated rings. The van der Waals surface area contributed by atoms with Crippen molar-refractivity contribution in [2.24, 2.45) is 0 Å². The normalized spacial score (nSPS) is 10.4. The number of aromatic nitrogens is 2. The Hall–Kier alpha value is -1.68. The molecule has 1 aromatic heterocycles. The molecular weight excluding hydrogens is 229 g/mol. The predicted molar refractivity (Wildman–Crippen MR) is 61.6 cm³/mol. The lowest BCUT2D eigenvalue weighted by atomic mass is 10.0. The molecule has 3 nitrogen and oxygen atoms in total. The Morgan fingerprint density at radius 1 is 1.38 bits per heavy atom. The lowest BCUT2D eigenvalue weighted by molar-refractivity contribution is 0.631. The van der Waals surface area contributed by atoms with Crippen LogP contribution in [0.25, 0.3) is 11.3 Å². The van der Waals surface area contributed by atoms with Crippen molar-refractivity contribution in [3.63, 3.8) is 0 Å². The third-order valence-electron chi connectivity index (χ3n) is 2.25. The number of nitrogens with zero attached hydrogens (tertiary/aromatic N) is 2. The summed E-state index contributed by atoms with van der Waals surface area (Å²) >= 11 is 5.69. The molecule has 0 aliphatic carbocycles. The van der Waals surface area contributed by atoms with Crippen LogP contribution in [-0.2, 0) is 0 Å². The van der Waals surface area contributed by atoms with Gasteiger partial charge in [-0.15, -0.1) is 0 Å². The number of hydrogen-bond donors (Lipinski definition) is 1. The van der Waals surface area contributed by atoms with E-state index in [4.69, 9.17) is 17.3 Å². The lowest BCUT2D eigenvalue weighted by Crippen LogP contribution is -1.95. The molecule has 0 radical (unpaired) electrons. The molecule has 0 aliphatic heterocycles. The van der Waals surface area contributed by atoms with Crippen molar-refractivity contribution < 1.29 is 4.39 Å². The van der Waals surface area contributed by atoms with Gasteiger partial charge in [-0.1, -0.05) is 0 Å². The zero-order valence-corrected chi connectivity index (χ0v) is 9.29. The number of benzene rings is 1. The van der Waals surface area contributed by atoms with Crippen molar-refractivity contribution in [1.82, 2.24) is 9.97 Å². The SMILES string of the molecule is Cc1cc(F)c(N)cc1-c1ccnc(Cl)n1. The summed E-state index contributed by atoms with van der Waals surface area (Å²) in [6.45, 7) is 1.79. The summed E-state index contributed by atoms with van der Waals surface area (Å²) in [4.78, 5) is 7.84. The second-order valence-corrected chi connectivity index (χ2v) is 3.74. The van der Waals surface area contributed by atoms with Gasteiger partial charge in [0.25, 0.3) is 0 Å². The van der Waals surface area contributed by atoms with Crippen LogP contribution in [0.1, 0.15) is 5.56 Å². The number of nitrogens with two attached hydrogens (primary N) is 1. The van der Waals surface area contributed by atoms with Crippen LogP contribution >= 0.6 is 11.6 Å². The number of anilines is 1. The van der Waals surface area contributed by atoms with E-state index in [1.807, 2.05) is 0 Å². The third kappa shape index (κ3) is 1.97. The first-order chi connectivity index (χ1) is 7.58. The molecular formula is C11H9ClFN3. The molecule has 0 spiro atoms. The number of rotatable bonds is 1. The van der Waals surface area contributed by atoms with E-state index in [9.17, 15) is 4.39 Å². The summed E-state index contributed by atoms with van der Waals surface area (Å²) in [5.74, 6) is -0.429. The molecule has 1 heterocycles. The van der Waals surface area contributed by atoms with Crippen molar-refractivity contribution in [2.45, 2.75) is 6.92 Å². The Morgan fingerprint density at radius 3 is 2.81 bits per heavy atom. The van der Waals surface area contributed by atoms with Gasteiger partial charge in [0.05, 0.1) is 11.4 Å². The second kappa shape index (κ2) is 4.06. The summed E-state index contributed by atoms with van der Waals surface area (Å²) in [7, 11) is 0. The van der Waals surface area contributed by atoms with Crippen LogP contribution in [0.2, 0.25) is 5.28 Å². The first-order valence-corrected chi connectivity index (χ1v) is 5.00. The summed E-state index contributed by atoms with van der Waals surface area (Å²) in [6.07, 6.45) is 1.55. The van der Waals surface area contributed by atoms with Gasteiger partial charge in [0.15, 0.2) is 0 Å². The molecule has 16 heavy (non-hydrogen) atoms. The van der Waals surface area contributed by atoms with Gasteiger partial charge in [-0.3, -0.25) is 0 Å². The number of aryl methyl sites for hydroxylation is 1. The molecule has 5 heteroatoms. The molecule has 1 aromatic carbocycles. The van der Waals surface area contributed by atoms with E-state index in [1.54, 1.807) is 25.3 Å². The number of hydrogen-bond acceptors (Lipinski definition) is 3. The summed E-state index contributed by atoms with van der Waals surface area (Å²) in [5, 5.41) is 0.153. The Morgan fingerprint density at radius 2 is 2.12 bits per heavy atom. The fourth-order valence-corrected chi connectivity index (χ4v) is 1.60. The van der Waals surface area contributed by atoms with E-state index in [-0.39, 0.29) is 11.0 Å². The van der Waals surface area contributed by atoms with Crippen LogP contribution in [0.15, 0.2) is 24.4 Å². The van der Waals surface area contributed by atoms with Crippen molar-refractivity contribution >= 4 is 17.3 Å². The highest BCUT2D eigenvalue weighted by Gasteiger charge is 2.08. The van der Waals surface area contributed by atoms with E-state index in [0.717, 1.165) is 11.1 Å². The second-order valence-electron chi connectivity index (χ2n) is 3.40. The highest BCUT2D eigenvalue weighted by atomic mass is 35.5. The van der Waals surface area contributed by atoms with E-state index >= 15 is 0 Å². The Labute approximate surface area is 97.1 Å². The van der Waals surface area contributed by atoms with Gasteiger partial charge in [0.2, 0.25) is 5.28 Å². The minimum Gasteiger partial charge on any atom is -0.396 e. The average molecular weight is 238 g/mol. The summed E-state index contributed by atoms with van der Waals surface area (Å²) in [6, 6.07) is 4.62. The van der Waals surface area contributed by atoms with Gasteiger partial charge in [-0.05, 0) is 42.3 Å². The van der Waals surface area contributed by atoms with Crippen molar-refractivity contribution in [3.8, 4) is 11.3 Å². The Kier molecular flexibility index (Phi) is 2.75. The molecule has 2 aromatic rings. The highest BCUT2D eigenvalue weighted by Crippen LogP contribution is 2.26. The molecule has 2 rings (SSSR count). The molecule has 0 aliphatic rings. The average Bonchev–Trinajstić information content (AvgIpc) is 2.23. The fraction of sp³-hybridized carbons (Fsp3) is 0.0909. The quantitative estimate of drug-likeness (QED) is 0.613.